The van der Waals surface area contributed by atoms with E-state index in [1.54, 1.807) is 48.9 Å². The van der Waals surface area contributed by atoms with Gasteiger partial charge < -0.3 is 24.4 Å². The summed E-state index contributed by atoms with van der Waals surface area (Å²) < 4.78 is 31.9. The Kier molecular flexibility index (Phi) is 7.53. The van der Waals surface area contributed by atoms with Gasteiger partial charge in [-0.1, -0.05) is 17.8 Å². The Morgan fingerprint density at radius 1 is 1.15 bits per heavy atom. The van der Waals surface area contributed by atoms with Gasteiger partial charge in [0.25, 0.3) is 0 Å². The summed E-state index contributed by atoms with van der Waals surface area (Å²) in [4.78, 5) is 15.1. The number of morpholine rings is 1. The molecule has 2 aromatic carbocycles. The predicted octanol–water partition coefficient (Wildman–Crippen LogP) is 3.38. The van der Waals surface area contributed by atoms with E-state index in [4.69, 9.17) is 14.2 Å². The average molecular weight is 488 g/mol. The summed E-state index contributed by atoms with van der Waals surface area (Å²) in [5, 5.41) is 11.5. The second-order valence-electron chi connectivity index (χ2n) is 7.51. The molecule has 0 radical (unpaired) electrons. The molecule has 2 heterocycles. The Morgan fingerprint density at radius 3 is 2.65 bits per heavy atom. The molecule has 0 bridgehead atoms. The molecular formula is C23H26FN5O4S. The van der Waals surface area contributed by atoms with Crippen LogP contribution in [0.3, 0.4) is 0 Å². The smallest absolute Gasteiger partial charge is 0.237 e. The number of rotatable bonds is 8. The van der Waals surface area contributed by atoms with Gasteiger partial charge in [-0.05, 0) is 37.3 Å². The Morgan fingerprint density at radius 2 is 1.94 bits per heavy atom. The lowest BCUT2D eigenvalue weighted by molar-refractivity contribution is -0.115. The summed E-state index contributed by atoms with van der Waals surface area (Å²) in [6.45, 7) is 4.19. The molecule has 0 saturated carbocycles. The summed E-state index contributed by atoms with van der Waals surface area (Å²) in [5.41, 5.74) is 1.08. The van der Waals surface area contributed by atoms with Gasteiger partial charge in [0, 0.05) is 19.2 Å². The molecule has 1 N–H and O–H groups in total. The number of aromatic nitrogens is 3. The summed E-state index contributed by atoms with van der Waals surface area (Å²) in [6.07, 6.45) is 0. The number of nitrogens with zero attached hydrogens (tertiary/aromatic N) is 4. The van der Waals surface area contributed by atoms with Gasteiger partial charge in [0.05, 0.1) is 44.1 Å². The highest BCUT2D eigenvalue weighted by molar-refractivity contribution is 8.00. The van der Waals surface area contributed by atoms with Crippen LogP contribution in [0, 0.1) is 5.82 Å². The van der Waals surface area contributed by atoms with Gasteiger partial charge in [0.1, 0.15) is 17.3 Å². The van der Waals surface area contributed by atoms with Crippen LogP contribution in [-0.2, 0) is 9.53 Å². The van der Waals surface area contributed by atoms with Crippen LogP contribution in [0.5, 0.6) is 11.5 Å². The minimum absolute atomic E-state index is 0.252. The monoisotopic (exact) mass is 487 g/mol. The number of hydrogen-bond acceptors (Lipinski definition) is 8. The van der Waals surface area contributed by atoms with E-state index in [2.05, 4.69) is 15.5 Å². The van der Waals surface area contributed by atoms with Crippen molar-refractivity contribution in [2.45, 2.75) is 17.3 Å². The SMILES string of the molecule is COc1ccc(OC)c(NC(=O)C(C)Sc2nnc(N3CCOCC3)n2-c2cccc(F)c2)c1. The third-order valence-electron chi connectivity index (χ3n) is 5.29. The van der Waals surface area contributed by atoms with Crippen LogP contribution in [-0.4, -0.2) is 66.4 Å². The summed E-state index contributed by atoms with van der Waals surface area (Å²) >= 11 is 1.23. The number of carbonyl (C=O) groups is 1. The number of carbonyl (C=O) groups excluding carboxylic acids is 1. The van der Waals surface area contributed by atoms with Crippen molar-refractivity contribution in [2.75, 3.05) is 50.7 Å². The zero-order chi connectivity index (χ0) is 24.1. The molecule has 1 unspecified atom stereocenters. The normalized spacial score (nSPS) is 14.5. The minimum Gasteiger partial charge on any atom is -0.497 e. The minimum atomic E-state index is -0.537. The number of halogens is 1. The Balaban J connectivity index is 1.59. The van der Waals surface area contributed by atoms with E-state index in [1.807, 2.05) is 4.90 Å². The molecule has 3 aromatic rings. The maximum absolute atomic E-state index is 14.1. The number of thioether (sulfide) groups is 1. The molecule has 1 aliphatic heterocycles. The molecule has 1 saturated heterocycles. The highest BCUT2D eigenvalue weighted by Gasteiger charge is 2.25. The first-order valence-electron chi connectivity index (χ1n) is 10.7. The van der Waals surface area contributed by atoms with Crippen molar-refractivity contribution < 1.29 is 23.4 Å². The summed E-state index contributed by atoms with van der Waals surface area (Å²) in [6, 6.07) is 11.4. The van der Waals surface area contributed by atoms with E-state index in [0.29, 0.717) is 60.3 Å². The molecule has 1 fully saturated rings. The molecule has 11 heteroatoms. The van der Waals surface area contributed by atoms with Crippen LogP contribution < -0.4 is 19.7 Å². The fraction of sp³-hybridized carbons (Fsp3) is 0.348. The molecule has 1 amide bonds. The molecule has 34 heavy (non-hydrogen) atoms. The third-order valence-corrected chi connectivity index (χ3v) is 6.34. The first kappa shape index (κ1) is 23.8. The van der Waals surface area contributed by atoms with Gasteiger partial charge >= 0.3 is 0 Å². The van der Waals surface area contributed by atoms with Gasteiger partial charge in [0.2, 0.25) is 11.9 Å². The number of benzene rings is 2. The van der Waals surface area contributed by atoms with Crippen molar-refractivity contribution in [1.82, 2.24) is 14.8 Å². The molecule has 0 spiro atoms. The van der Waals surface area contributed by atoms with Crippen molar-refractivity contribution in [3.63, 3.8) is 0 Å². The lowest BCUT2D eigenvalue weighted by Gasteiger charge is -2.28. The third kappa shape index (κ3) is 5.26. The molecular weight excluding hydrogens is 461 g/mol. The Labute approximate surface area is 201 Å². The number of methoxy groups -OCH3 is 2. The summed E-state index contributed by atoms with van der Waals surface area (Å²) in [7, 11) is 3.08. The first-order chi connectivity index (χ1) is 16.5. The molecule has 1 aromatic heterocycles. The number of amides is 1. The van der Waals surface area contributed by atoms with E-state index >= 15 is 0 Å². The van der Waals surface area contributed by atoms with E-state index < -0.39 is 5.25 Å². The number of nitrogens with one attached hydrogen (secondary N) is 1. The number of ether oxygens (including phenoxy) is 3. The van der Waals surface area contributed by atoms with Crippen molar-refractivity contribution in [3.05, 3.63) is 48.3 Å². The van der Waals surface area contributed by atoms with Crippen molar-refractivity contribution >= 4 is 29.3 Å². The van der Waals surface area contributed by atoms with Crippen molar-refractivity contribution in [2.24, 2.45) is 0 Å². The number of hydrogen-bond donors (Lipinski definition) is 1. The molecule has 0 aliphatic carbocycles. The lowest BCUT2D eigenvalue weighted by Crippen LogP contribution is -2.38. The standard InChI is InChI=1S/C23H26FN5O4S/c1-15(21(30)25-19-14-18(31-2)7-8-20(19)32-3)34-23-27-26-22(28-9-11-33-12-10-28)29(23)17-6-4-5-16(24)13-17/h4-8,13-15H,9-12H2,1-3H3,(H,25,30). The fourth-order valence-corrected chi connectivity index (χ4v) is 4.37. The maximum Gasteiger partial charge on any atom is 0.237 e. The van der Waals surface area contributed by atoms with Crippen LogP contribution in [0.15, 0.2) is 47.6 Å². The lowest BCUT2D eigenvalue weighted by atomic mass is 10.2. The van der Waals surface area contributed by atoms with Gasteiger partial charge in [-0.15, -0.1) is 10.2 Å². The molecule has 180 valence electrons. The Hall–Kier alpha value is -3.31. The van der Waals surface area contributed by atoms with E-state index in [1.165, 1.54) is 31.0 Å². The van der Waals surface area contributed by atoms with Crippen LogP contribution in [0.4, 0.5) is 16.0 Å². The quantitative estimate of drug-likeness (QED) is 0.484. The molecule has 9 nitrogen and oxygen atoms in total. The predicted molar refractivity (Wildman–Crippen MR) is 128 cm³/mol. The van der Waals surface area contributed by atoms with Crippen LogP contribution in [0.25, 0.3) is 5.69 Å². The van der Waals surface area contributed by atoms with Crippen LogP contribution in [0.2, 0.25) is 0 Å². The van der Waals surface area contributed by atoms with E-state index in [9.17, 15) is 9.18 Å². The maximum atomic E-state index is 14.1. The second kappa shape index (κ2) is 10.7. The van der Waals surface area contributed by atoms with Crippen LogP contribution >= 0.6 is 11.8 Å². The molecule has 1 aliphatic rings. The molecule has 1 atom stereocenters. The molecule has 4 rings (SSSR count). The fourth-order valence-electron chi connectivity index (χ4n) is 3.51. The second-order valence-corrected chi connectivity index (χ2v) is 8.82. The van der Waals surface area contributed by atoms with E-state index in [-0.39, 0.29) is 11.7 Å². The summed E-state index contributed by atoms with van der Waals surface area (Å²) in [5.74, 6) is 1.07. The van der Waals surface area contributed by atoms with Gasteiger partial charge in [-0.2, -0.15) is 0 Å². The highest BCUT2D eigenvalue weighted by atomic mass is 32.2. The van der Waals surface area contributed by atoms with Crippen molar-refractivity contribution in [1.29, 1.82) is 0 Å². The zero-order valence-electron chi connectivity index (χ0n) is 19.2. The van der Waals surface area contributed by atoms with Gasteiger partial charge in [-0.25, -0.2) is 4.39 Å². The van der Waals surface area contributed by atoms with Gasteiger partial charge in [-0.3, -0.25) is 9.36 Å². The highest BCUT2D eigenvalue weighted by Crippen LogP contribution is 2.32. The Bertz CT molecular complexity index is 1150. The van der Waals surface area contributed by atoms with E-state index in [0.717, 1.165) is 0 Å². The largest absolute Gasteiger partial charge is 0.497 e. The van der Waals surface area contributed by atoms with Gasteiger partial charge in [0.15, 0.2) is 5.16 Å². The topological polar surface area (TPSA) is 90.7 Å². The zero-order valence-corrected chi connectivity index (χ0v) is 20.0. The average Bonchev–Trinajstić information content (AvgIpc) is 3.27. The number of anilines is 2. The first-order valence-corrected chi connectivity index (χ1v) is 11.6. The van der Waals surface area contributed by atoms with Crippen molar-refractivity contribution in [3.8, 4) is 17.2 Å². The van der Waals surface area contributed by atoms with Crippen LogP contribution in [0.1, 0.15) is 6.92 Å².